The highest BCUT2D eigenvalue weighted by molar-refractivity contribution is 9.10. The predicted molar refractivity (Wildman–Crippen MR) is 83.0 cm³/mol. The van der Waals surface area contributed by atoms with Crippen LogP contribution in [0.1, 0.15) is 30.9 Å². The molecule has 0 saturated heterocycles. The van der Waals surface area contributed by atoms with Crippen molar-refractivity contribution in [2.24, 2.45) is 5.73 Å². The molecule has 1 aromatic rings. The second-order valence-corrected chi connectivity index (χ2v) is 5.53. The van der Waals surface area contributed by atoms with Crippen molar-refractivity contribution in [1.82, 2.24) is 0 Å². The number of carbonyl (C=O) groups is 1. The molecule has 0 saturated carbocycles. The van der Waals surface area contributed by atoms with E-state index < -0.39 is 0 Å². The van der Waals surface area contributed by atoms with Crippen LogP contribution in [-0.4, -0.2) is 25.7 Å². The highest BCUT2D eigenvalue weighted by Crippen LogP contribution is 2.28. The van der Waals surface area contributed by atoms with Crippen molar-refractivity contribution in [3.63, 3.8) is 0 Å². The topological polar surface area (TPSA) is 61.5 Å². The quantitative estimate of drug-likeness (QED) is 0.582. The van der Waals surface area contributed by atoms with Crippen molar-refractivity contribution < 1.29 is 14.3 Å². The van der Waals surface area contributed by atoms with Crippen LogP contribution in [-0.2, 0) is 16.0 Å². The van der Waals surface area contributed by atoms with Gasteiger partial charge in [-0.05, 0) is 49.6 Å². The third-order valence-electron chi connectivity index (χ3n) is 2.83. The molecular formula is C15H22BrNO3. The molecule has 0 bridgehead atoms. The van der Waals surface area contributed by atoms with Gasteiger partial charge in [0.2, 0.25) is 0 Å². The van der Waals surface area contributed by atoms with Crippen LogP contribution >= 0.6 is 15.9 Å². The number of ether oxygens (including phenoxy) is 2. The van der Waals surface area contributed by atoms with Crippen molar-refractivity contribution in [3.8, 4) is 5.75 Å². The number of esters is 1. The monoisotopic (exact) mass is 343 g/mol. The summed E-state index contributed by atoms with van der Waals surface area (Å²) in [5.74, 6) is 0.394. The van der Waals surface area contributed by atoms with Crippen molar-refractivity contribution in [1.29, 1.82) is 0 Å². The molecule has 2 N–H and O–H groups in total. The van der Waals surface area contributed by atoms with Crippen LogP contribution in [0.25, 0.3) is 0 Å². The van der Waals surface area contributed by atoms with Gasteiger partial charge in [-0.25, -0.2) is 4.79 Å². The van der Waals surface area contributed by atoms with Gasteiger partial charge in [-0.2, -0.15) is 0 Å². The smallest absolute Gasteiger partial charge is 0.344 e. The number of hydrogen-bond donors (Lipinski definition) is 1. The Balaban J connectivity index is 2.64. The maximum Gasteiger partial charge on any atom is 0.344 e. The zero-order valence-electron chi connectivity index (χ0n) is 12.1. The van der Waals surface area contributed by atoms with Gasteiger partial charge in [-0.1, -0.05) is 29.3 Å². The lowest BCUT2D eigenvalue weighted by molar-refractivity contribution is -0.146. The van der Waals surface area contributed by atoms with E-state index in [0.29, 0.717) is 19.6 Å². The van der Waals surface area contributed by atoms with E-state index in [1.54, 1.807) is 0 Å². The molecule has 4 nitrogen and oxygen atoms in total. The lowest BCUT2D eigenvalue weighted by atomic mass is 10.1. The molecule has 0 radical (unpaired) electrons. The summed E-state index contributed by atoms with van der Waals surface area (Å²) in [4.78, 5) is 11.6. The minimum atomic E-state index is -0.334. The van der Waals surface area contributed by atoms with Crippen LogP contribution in [0.5, 0.6) is 5.75 Å². The van der Waals surface area contributed by atoms with Gasteiger partial charge in [-0.3, -0.25) is 0 Å². The van der Waals surface area contributed by atoms with Crippen LogP contribution in [0, 0.1) is 6.92 Å². The number of aryl methyl sites for hydroxylation is 1. The Morgan fingerprint density at radius 3 is 2.80 bits per heavy atom. The zero-order chi connectivity index (χ0) is 15.0. The highest BCUT2D eigenvalue weighted by Gasteiger charge is 2.11. The zero-order valence-corrected chi connectivity index (χ0v) is 13.7. The number of carbonyl (C=O) groups excluding carboxylic acids is 1. The van der Waals surface area contributed by atoms with Crippen LogP contribution in [0.4, 0.5) is 0 Å². The van der Waals surface area contributed by atoms with Gasteiger partial charge in [-0.15, -0.1) is 0 Å². The van der Waals surface area contributed by atoms with Crippen LogP contribution in [0.3, 0.4) is 0 Å². The average molecular weight is 344 g/mol. The number of unbranched alkanes of at least 4 members (excludes halogenated alkanes) is 1. The van der Waals surface area contributed by atoms with Crippen molar-refractivity contribution in [2.75, 3.05) is 19.8 Å². The first-order chi connectivity index (χ1) is 9.58. The van der Waals surface area contributed by atoms with E-state index in [1.807, 2.05) is 19.1 Å². The Labute approximate surface area is 128 Å². The molecule has 0 atom stereocenters. The molecule has 0 aliphatic carbocycles. The number of benzene rings is 1. The third kappa shape index (κ3) is 5.51. The molecule has 0 spiro atoms. The molecule has 0 aliphatic rings. The van der Waals surface area contributed by atoms with Crippen molar-refractivity contribution in [2.45, 2.75) is 33.1 Å². The Morgan fingerprint density at radius 1 is 1.40 bits per heavy atom. The minimum absolute atomic E-state index is 0.0657. The largest absolute Gasteiger partial charge is 0.481 e. The van der Waals surface area contributed by atoms with Gasteiger partial charge in [0.25, 0.3) is 0 Å². The van der Waals surface area contributed by atoms with E-state index in [0.717, 1.165) is 34.2 Å². The molecule has 0 aliphatic heterocycles. The van der Waals surface area contributed by atoms with E-state index in [-0.39, 0.29) is 12.6 Å². The second kappa shape index (κ2) is 8.97. The van der Waals surface area contributed by atoms with Crippen LogP contribution in [0.15, 0.2) is 16.6 Å². The molecule has 112 valence electrons. The van der Waals surface area contributed by atoms with Crippen LogP contribution < -0.4 is 10.5 Å². The summed E-state index contributed by atoms with van der Waals surface area (Å²) in [5, 5.41) is 0. The van der Waals surface area contributed by atoms with E-state index >= 15 is 0 Å². The van der Waals surface area contributed by atoms with E-state index in [4.69, 9.17) is 15.2 Å². The molecule has 0 fully saturated rings. The molecule has 0 unspecified atom stereocenters. The first kappa shape index (κ1) is 17.0. The van der Waals surface area contributed by atoms with Gasteiger partial charge < -0.3 is 15.2 Å². The maximum atomic E-state index is 11.6. The van der Waals surface area contributed by atoms with Gasteiger partial charge >= 0.3 is 5.97 Å². The van der Waals surface area contributed by atoms with Crippen LogP contribution in [0.2, 0.25) is 0 Å². The minimum Gasteiger partial charge on any atom is -0.481 e. The Hall–Kier alpha value is -1.07. The summed E-state index contributed by atoms with van der Waals surface area (Å²) in [7, 11) is 0. The number of nitrogens with two attached hydrogens (primary N) is 1. The second-order valence-electron chi connectivity index (χ2n) is 4.61. The molecule has 0 amide bonds. The Morgan fingerprint density at radius 2 is 2.15 bits per heavy atom. The van der Waals surface area contributed by atoms with E-state index in [1.165, 1.54) is 0 Å². The van der Waals surface area contributed by atoms with Crippen molar-refractivity contribution in [3.05, 3.63) is 27.7 Å². The summed E-state index contributed by atoms with van der Waals surface area (Å²) >= 11 is 3.45. The van der Waals surface area contributed by atoms with Gasteiger partial charge in [0.05, 0.1) is 6.61 Å². The molecular weight excluding hydrogens is 322 g/mol. The fraction of sp³-hybridized carbons (Fsp3) is 0.533. The lowest BCUT2D eigenvalue weighted by Crippen LogP contribution is -2.17. The third-order valence-corrected chi connectivity index (χ3v) is 3.28. The molecule has 0 heterocycles. The van der Waals surface area contributed by atoms with Gasteiger partial charge in [0.15, 0.2) is 6.61 Å². The first-order valence-corrected chi connectivity index (χ1v) is 7.65. The standard InChI is InChI=1S/C15H22BrNO3/c1-3-4-7-19-14(18)10-20-15-11(2)8-13(16)9-12(15)5-6-17/h8-9H,3-7,10,17H2,1-2H3. The van der Waals surface area contributed by atoms with Gasteiger partial charge in [0.1, 0.15) is 5.75 Å². The first-order valence-electron chi connectivity index (χ1n) is 6.86. The molecule has 1 aromatic carbocycles. The molecule has 0 aromatic heterocycles. The highest BCUT2D eigenvalue weighted by atomic mass is 79.9. The lowest BCUT2D eigenvalue weighted by Gasteiger charge is -2.14. The van der Waals surface area contributed by atoms with Gasteiger partial charge in [0, 0.05) is 4.47 Å². The Bertz CT molecular complexity index is 449. The van der Waals surface area contributed by atoms with E-state index in [2.05, 4.69) is 22.9 Å². The summed E-state index contributed by atoms with van der Waals surface area (Å²) in [6.45, 7) is 4.92. The Kier molecular flexibility index (Phi) is 7.62. The maximum absolute atomic E-state index is 11.6. The fourth-order valence-corrected chi connectivity index (χ4v) is 2.47. The number of halogens is 1. The molecule has 20 heavy (non-hydrogen) atoms. The predicted octanol–water partition coefficient (Wildman–Crippen LogP) is 2.98. The molecule has 5 heteroatoms. The summed E-state index contributed by atoms with van der Waals surface area (Å²) < 4.78 is 11.7. The van der Waals surface area contributed by atoms with E-state index in [9.17, 15) is 4.79 Å². The fourth-order valence-electron chi connectivity index (χ4n) is 1.85. The number of hydrogen-bond acceptors (Lipinski definition) is 4. The average Bonchev–Trinajstić information content (AvgIpc) is 2.38. The summed E-state index contributed by atoms with van der Waals surface area (Å²) in [6.07, 6.45) is 2.59. The molecule has 1 rings (SSSR count). The number of rotatable bonds is 8. The van der Waals surface area contributed by atoms with Crippen molar-refractivity contribution >= 4 is 21.9 Å². The SMILES string of the molecule is CCCCOC(=O)COc1c(C)cc(Br)cc1CCN. The normalized spacial score (nSPS) is 10.4. The summed E-state index contributed by atoms with van der Waals surface area (Å²) in [6, 6.07) is 3.93. The summed E-state index contributed by atoms with van der Waals surface area (Å²) in [5.41, 5.74) is 7.58.